The van der Waals surface area contributed by atoms with Crippen LogP contribution in [-0.4, -0.2) is 12.6 Å². The molecule has 0 radical (unpaired) electrons. The second-order valence-electron chi connectivity index (χ2n) is 5.60. The molecule has 2 heteroatoms. The zero-order valence-electron chi connectivity index (χ0n) is 11.8. The maximum atomic E-state index is 10.8. The van der Waals surface area contributed by atoms with Crippen LogP contribution in [-0.2, 0) is 9.53 Å². The van der Waals surface area contributed by atoms with Gasteiger partial charge in [-0.3, -0.25) is 4.79 Å². The van der Waals surface area contributed by atoms with Crippen LogP contribution in [0.15, 0.2) is 41.6 Å². The molecule has 0 saturated heterocycles. The summed E-state index contributed by atoms with van der Waals surface area (Å²) in [5.41, 5.74) is 5.93. The second kappa shape index (κ2) is 5.46. The molecule has 100 valence electrons. The molecule has 1 unspecified atom stereocenters. The summed E-state index contributed by atoms with van der Waals surface area (Å²) in [7, 11) is 0. The SMILES string of the molecule is CC(=O)OCC1CC(=C=Cc2ccccc2)C1(C)C. The van der Waals surface area contributed by atoms with Gasteiger partial charge < -0.3 is 4.74 Å². The van der Waals surface area contributed by atoms with Gasteiger partial charge in [-0.15, -0.1) is 5.73 Å². The highest BCUT2D eigenvalue weighted by molar-refractivity contribution is 5.65. The molecule has 1 aromatic carbocycles. The van der Waals surface area contributed by atoms with Gasteiger partial charge in [0.15, 0.2) is 0 Å². The second-order valence-corrected chi connectivity index (χ2v) is 5.60. The van der Waals surface area contributed by atoms with Gasteiger partial charge in [0.2, 0.25) is 0 Å². The number of carbonyl (C=O) groups is 1. The molecule has 0 bridgehead atoms. The van der Waals surface area contributed by atoms with Gasteiger partial charge in [-0.05, 0) is 29.0 Å². The monoisotopic (exact) mass is 256 g/mol. The predicted molar refractivity (Wildman–Crippen MR) is 76.5 cm³/mol. The van der Waals surface area contributed by atoms with Crippen LogP contribution in [0.5, 0.6) is 0 Å². The number of benzene rings is 1. The Morgan fingerprint density at radius 3 is 2.68 bits per heavy atom. The Morgan fingerprint density at radius 1 is 1.42 bits per heavy atom. The molecule has 1 fully saturated rings. The fourth-order valence-corrected chi connectivity index (χ4v) is 2.33. The van der Waals surface area contributed by atoms with Crippen molar-refractivity contribution in [2.24, 2.45) is 11.3 Å². The van der Waals surface area contributed by atoms with Gasteiger partial charge in [-0.1, -0.05) is 44.2 Å². The van der Waals surface area contributed by atoms with Gasteiger partial charge in [0.1, 0.15) is 0 Å². The fourth-order valence-electron chi connectivity index (χ4n) is 2.33. The quantitative estimate of drug-likeness (QED) is 0.607. The van der Waals surface area contributed by atoms with Crippen LogP contribution in [0.4, 0.5) is 0 Å². The molecule has 2 rings (SSSR count). The van der Waals surface area contributed by atoms with Gasteiger partial charge in [-0.25, -0.2) is 0 Å². The van der Waals surface area contributed by atoms with Crippen molar-refractivity contribution >= 4 is 12.0 Å². The highest BCUT2D eigenvalue weighted by atomic mass is 16.5. The van der Waals surface area contributed by atoms with Crippen LogP contribution in [0.25, 0.3) is 6.08 Å². The van der Waals surface area contributed by atoms with Crippen molar-refractivity contribution in [3.8, 4) is 0 Å². The van der Waals surface area contributed by atoms with Crippen molar-refractivity contribution in [1.82, 2.24) is 0 Å². The van der Waals surface area contributed by atoms with Crippen molar-refractivity contribution in [2.75, 3.05) is 6.61 Å². The van der Waals surface area contributed by atoms with E-state index in [1.165, 1.54) is 12.5 Å². The average molecular weight is 256 g/mol. The van der Waals surface area contributed by atoms with Gasteiger partial charge in [0.05, 0.1) is 6.61 Å². The molecule has 0 aliphatic heterocycles. The van der Waals surface area contributed by atoms with Gasteiger partial charge in [0.25, 0.3) is 0 Å². The van der Waals surface area contributed by atoms with Crippen molar-refractivity contribution < 1.29 is 9.53 Å². The van der Waals surface area contributed by atoms with Gasteiger partial charge in [-0.2, -0.15) is 0 Å². The summed E-state index contributed by atoms with van der Waals surface area (Å²) in [6.45, 7) is 6.34. The van der Waals surface area contributed by atoms with Gasteiger partial charge in [0, 0.05) is 12.8 Å². The molecular formula is C17H20O2. The summed E-state index contributed by atoms with van der Waals surface area (Å²) in [6.07, 6.45) is 2.99. The number of rotatable bonds is 3. The highest BCUT2D eigenvalue weighted by Crippen LogP contribution is 2.50. The lowest BCUT2D eigenvalue weighted by molar-refractivity contribution is -0.144. The Kier molecular flexibility index (Phi) is 3.92. The summed E-state index contributed by atoms with van der Waals surface area (Å²) < 4.78 is 5.10. The van der Waals surface area contributed by atoms with E-state index in [9.17, 15) is 4.79 Å². The minimum Gasteiger partial charge on any atom is -0.466 e. The summed E-state index contributed by atoms with van der Waals surface area (Å²) >= 11 is 0. The smallest absolute Gasteiger partial charge is 0.302 e. The molecule has 1 saturated carbocycles. The molecule has 0 amide bonds. The third kappa shape index (κ3) is 3.15. The van der Waals surface area contributed by atoms with E-state index in [1.54, 1.807) is 0 Å². The normalized spacial score (nSPS) is 20.2. The number of ether oxygens (including phenoxy) is 1. The van der Waals surface area contributed by atoms with Crippen LogP contribution < -0.4 is 0 Å². The van der Waals surface area contributed by atoms with E-state index in [2.05, 4.69) is 31.7 Å². The molecule has 1 atom stereocenters. The largest absolute Gasteiger partial charge is 0.466 e. The first-order chi connectivity index (χ1) is 9.00. The molecule has 2 nitrogen and oxygen atoms in total. The highest BCUT2D eigenvalue weighted by Gasteiger charge is 2.43. The molecule has 19 heavy (non-hydrogen) atoms. The van der Waals surface area contributed by atoms with E-state index in [-0.39, 0.29) is 11.4 Å². The first-order valence-electron chi connectivity index (χ1n) is 6.64. The lowest BCUT2D eigenvalue weighted by Crippen LogP contribution is -2.40. The zero-order valence-corrected chi connectivity index (χ0v) is 11.8. The molecular weight excluding hydrogens is 236 g/mol. The van der Waals surface area contributed by atoms with Crippen LogP contribution in [0.2, 0.25) is 0 Å². The van der Waals surface area contributed by atoms with E-state index in [1.807, 2.05) is 24.3 Å². The number of esters is 1. The van der Waals surface area contributed by atoms with Crippen LogP contribution in [0.3, 0.4) is 0 Å². The summed E-state index contributed by atoms with van der Waals surface area (Å²) in [5.74, 6) is 0.205. The van der Waals surface area contributed by atoms with Crippen LogP contribution in [0, 0.1) is 11.3 Å². The maximum Gasteiger partial charge on any atom is 0.302 e. The Morgan fingerprint density at radius 2 is 2.11 bits per heavy atom. The summed E-state index contributed by atoms with van der Waals surface area (Å²) in [6, 6.07) is 10.2. The predicted octanol–water partition coefficient (Wildman–Crippen LogP) is 3.83. The molecule has 0 N–H and O–H groups in total. The topological polar surface area (TPSA) is 26.3 Å². The van der Waals surface area contributed by atoms with E-state index in [0.29, 0.717) is 12.5 Å². The maximum absolute atomic E-state index is 10.8. The van der Waals surface area contributed by atoms with E-state index >= 15 is 0 Å². The van der Waals surface area contributed by atoms with Crippen molar-refractivity contribution in [1.29, 1.82) is 0 Å². The van der Waals surface area contributed by atoms with Crippen molar-refractivity contribution in [2.45, 2.75) is 27.2 Å². The molecule has 0 spiro atoms. The summed E-state index contributed by atoms with van der Waals surface area (Å²) in [5, 5.41) is 0. The van der Waals surface area contributed by atoms with Crippen LogP contribution >= 0.6 is 0 Å². The lowest BCUT2D eigenvalue weighted by Gasteiger charge is -2.45. The first-order valence-corrected chi connectivity index (χ1v) is 6.64. The van der Waals surface area contributed by atoms with E-state index in [4.69, 9.17) is 4.74 Å². The number of carbonyl (C=O) groups excluding carboxylic acids is 1. The van der Waals surface area contributed by atoms with E-state index < -0.39 is 0 Å². The Hall–Kier alpha value is -1.79. The number of hydrogen-bond acceptors (Lipinski definition) is 2. The third-order valence-electron chi connectivity index (χ3n) is 3.95. The molecule has 1 aliphatic carbocycles. The van der Waals surface area contributed by atoms with Crippen molar-refractivity contribution in [3.05, 3.63) is 47.2 Å². The first kappa shape index (κ1) is 13.6. The zero-order chi connectivity index (χ0) is 13.9. The Balaban J connectivity index is 2.04. The minimum absolute atomic E-state index is 0.0702. The molecule has 0 aromatic heterocycles. The number of allylic oxidation sites excluding steroid dienone is 1. The Labute approximate surface area is 114 Å². The average Bonchev–Trinajstić information content (AvgIpc) is 2.37. The standard InChI is InChI=1S/C17H20O2/c1-13(18)19-12-16-11-15(17(16,2)3)10-9-14-7-5-4-6-8-14/h4-9,16H,11-12H2,1-3H3. The molecule has 1 aliphatic rings. The minimum atomic E-state index is -0.201. The fraction of sp³-hybridized carbons (Fsp3) is 0.412. The van der Waals surface area contributed by atoms with E-state index in [0.717, 1.165) is 12.0 Å². The van der Waals surface area contributed by atoms with Crippen LogP contribution in [0.1, 0.15) is 32.8 Å². The lowest BCUT2D eigenvalue weighted by atomic mass is 9.59. The van der Waals surface area contributed by atoms with Gasteiger partial charge >= 0.3 is 5.97 Å². The summed E-state index contributed by atoms with van der Waals surface area (Å²) in [4.78, 5) is 10.8. The molecule has 0 heterocycles. The third-order valence-corrected chi connectivity index (χ3v) is 3.95. The molecule has 1 aromatic rings. The Bertz CT molecular complexity index is 519. The van der Waals surface area contributed by atoms with Crippen molar-refractivity contribution in [3.63, 3.8) is 0 Å². The number of hydrogen-bond donors (Lipinski definition) is 0.